The third kappa shape index (κ3) is 5.84. The number of aryl methyl sites for hydroxylation is 1. The smallest absolute Gasteiger partial charge is 0.271 e. The van der Waals surface area contributed by atoms with Crippen molar-refractivity contribution in [2.24, 2.45) is 5.10 Å². The van der Waals surface area contributed by atoms with Gasteiger partial charge in [0.2, 0.25) is 0 Å². The highest BCUT2D eigenvalue weighted by atomic mass is 32.1. The van der Waals surface area contributed by atoms with Crippen LogP contribution < -0.4 is 15.6 Å². The van der Waals surface area contributed by atoms with Crippen LogP contribution in [-0.4, -0.2) is 31.2 Å². The van der Waals surface area contributed by atoms with Crippen molar-refractivity contribution in [1.29, 1.82) is 0 Å². The zero-order valence-corrected chi connectivity index (χ0v) is 19.6. The number of aromatic nitrogens is 1. The molecule has 0 aliphatic carbocycles. The largest absolute Gasteiger partial charge is 0.378 e. The first-order chi connectivity index (χ1) is 16.0. The summed E-state index contributed by atoms with van der Waals surface area (Å²) in [4.78, 5) is 19.1. The molecule has 0 aliphatic rings. The molecule has 1 aromatic heterocycles. The standard InChI is InChI=1S/C26H25N5OS/c1-18-4-12-22(13-5-18)28-26-29-24(17-33-26)20-8-10-21(11-9-20)25(32)30-27-16-19-6-14-23(15-7-19)31(2)3/h4-17H,1-3H3,(H,28,29)(H,30,32). The normalized spacial score (nSPS) is 10.9. The lowest BCUT2D eigenvalue weighted by Crippen LogP contribution is -2.17. The van der Waals surface area contributed by atoms with E-state index in [0.29, 0.717) is 5.56 Å². The molecule has 0 fully saturated rings. The van der Waals surface area contributed by atoms with E-state index in [4.69, 9.17) is 0 Å². The van der Waals surface area contributed by atoms with Crippen LogP contribution in [-0.2, 0) is 0 Å². The molecule has 0 radical (unpaired) electrons. The maximum atomic E-state index is 12.4. The molecule has 0 spiro atoms. The molecule has 0 atom stereocenters. The molecule has 4 rings (SSSR count). The van der Waals surface area contributed by atoms with Gasteiger partial charge in [-0.15, -0.1) is 11.3 Å². The van der Waals surface area contributed by atoms with E-state index in [1.807, 2.05) is 72.9 Å². The molecule has 7 heteroatoms. The molecule has 0 saturated heterocycles. The van der Waals surface area contributed by atoms with Gasteiger partial charge < -0.3 is 10.2 Å². The van der Waals surface area contributed by atoms with Crippen LogP contribution in [0.3, 0.4) is 0 Å². The zero-order valence-electron chi connectivity index (χ0n) is 18.7. The third-order valence-electron chi connectivity index (χ3n) is 5.04. The van der Waals surface area contributed by atoms with Gasteiger partial charge in [-0.25, -0.2) is 10.4 Å². The Kier molecular flexibility index (Phi) is 6.80. The fourth-order valence-corrected chi connectivity index (χ4v) is 3.84. The van der Waals surface area contributed by atoms with Gasteiger partial charge in [-0.3, -0.25) is 4.79 Å². The molecule has 1 heterocycles. The number of thiazole rings is 1. The minimum absolute atomic E-state index is 0.261. The first-order valence-corrected chi connectivity index (χ1v) is 11.4. The number of carbonyl (C=O) groups is 1. The van der Waals surface area contributed by atoms with E-state index >= 15 is 0 Å². The number of hydrogen-bond acceptors (Lipinski definition) is 6. The van der Waals surface area contributed by atoms with Crippen LogP contribution in [0.15, 0.2) is 83.3 Å². The van der Waals surface area contributed by atoms with Gasteiger partial charge in [0.25, 0.3) is 5.91 Å². The van der Waals surface area contributed by atoms with E-state index in [1.54, 1.807) is 29.7 Å². The fourth-order valence-electron chi connectivity index (χ4n) is 3.10. The van der Waals surface area contributed by atoms with Crippen LogP contribution in [0.1, 0.15) is 21.5 Å². The average Bonchev–Trinajstić information content (AvgIpc) is 3.29. The summed E-state index contributed by atoms with van der Waals surface area (Å²) in [7, 11) is 3.98. The van der Waals surface area contributed by atoms with Gasteiger partial charge in [-0.2, -0.15) is 5.10 Å². The number of carbonyl (C=O) groups excluding carboxylic acids is 1. The lowest BCUT2D eigenvalue weighted by atomic mass is 10.1. The summed E-state index contributed by atoms with van der Waals surface area (Å²) in [6.45, 7) is 2.06. The summed E-state index contributed by atoms with van der Waals surface area (Å²) in [5, 5.41) is 10.2. The summed E-state index contributed by atoms with van der Waals surface area (Å²) in [5.41, 5.74) is 9.16. The quantitative estimate of drug-likeness (QED) is 0.277. The Morgan fingerprint density at radius 2 is 1.67 bits per heavy atom. The van der Waals surface area contributed by atoms with Crippen molar-refractivity contribution in [2.45, 2.75) is 6.92 Å². The van der Waals surface area contributed by atoms with E-state index in [9.17, 15) is 4.79 Å². The number of rotatable bonds is 7. The predicted octanol–water partition coefficient (Wildman–Crippen LogP) is 5.69. The van der Waals surface area contributed by atoms with Gasteiger partial charge in [0.15, 0.2) is 5.13 Å². The first-order valence-electron chi connectivity index (χ1n) is 10.5. The predicted molar refractivity (Wildman–Crippen MR) is 138 cm³/mol. The molecule has 3 aromatic carbocycles. The van der Waals surface area contributed by atoms with Crippen molar-refractivity contribution in [2.75, 3.05) is 24.3 Å². The third-order valence-corrected chi connectivity index (χ3v) is 5.80. The van der Waals surface area contributed by atoms with E-state index in [2.05, 4.69) is 39.9 Å². The molecule has 4 aromatic rings. The number of hydrogen-bond donors (Lipinski definition) is 2. The minimum atomic E-state index is -0.261. The minimum Gasteiger partial charge on any atom is -0.378 e. The van der Waals surface area contributed by atoms with Crippen LogP contribution >= 0.6 is 11.3 Å². The second-order valence-electron chi connectivity index (χ2n) is 7.79. The second-order valence-corrected chi connectivity index (χ2v) is 8.65. The second kappa shape index (κ2) is 10.1. The maximum absolute atomic E-state index is 12.4. The van der Waals surface area contributed by atoms with E-state index in [-0.39, 0.29) is 5.91 Å². The molecule has 166 valence electrons. The van der Waals surface area contributed by atoms with E-state index in [0.717, 1.165) is 33.3 Å². The SMILES string of the molecule is Cc1ccc(Nc2nc(-c3ccc(C(=O)NN=Cc4ccc(N(C)C)cc4)cc3)cs2)cc1. The number of nitrogens with zero attached hydrogens (tertiary/aromatic N) is 3. The molecule has 0 aliphatic heterocycles. The van der Waals surface area contributed by atoms with Crippen LogP contribution in [0.2, 0.25) is 0 Å². The molecule has 0 bridgehead atoms. The van der Waals surface area contributed by atoms with Crippen molar-refractivity contribution in [3.05, 3.63) is 94.9 Å². The molecule has 33 heavy (non-hydrogen) atoms. The Labute approximate surface area is 197 Å². The molecule has 1 amide bonds. The summed E-state index contributed by atoms with van der Waals surface area (Å²) < 4.78 is 0. The van der Waals surface area contributed by atoms with Gasteiger partial charge in [0.05, 0.1) is 11.9 Å². The lowest BCUT2D eigenvalue weighted by molar-refractivity contribution is 0.0955. The summed E-state index contributed by atoms with van der Waals surface area (Å²) >= 11 is 1.54. The number of anilines is 3. The van der Waals surface area contributed by atoms with Crippen molar-refractivity contribution in [1.82, 2.24) is 10.4 Å². The van der Waals surface area contributed by atoms with Crippen LogP contribution in [0, 0.1) is 6.92 Å². The number of hydrazone groups is 1. The fraction of sp³-hybridized carbons (Fsp3) is 0.115. The molecular formula is C26H25N5OS. The van der Waals surface area contributed by atoms with Gasteiger partial charge >= 0.3 is 0 Å². The zero-order chi connectivity index (χ0) is 23.2. The van der Waals surface area contributed by atoms with Gasteiger partial charge in [-0.05, 0) is 48.9 Å². The van der Waals surface area contributed by atoms with Crippen LogP contribution in [0.5, 0.6) is 0 Å². The molecule has 6 nitrogen and oxygen atoms in total. The lowest BCUT2D eigenvalue weighted by Gasteiger charge is -2.11. The highest BCUT2D eigenvalue weighted by Gasteiger charge is 2.08. The number of nitrogens with one attached hydrogen (secondary N) is 2. The average molecular weight is 456 g/mol. The Bertz CT molecular complexity index is 1240. The van der Waals surface area contributed by atoms with Crippen molar-refractivity contribution >= 4 is 40.0 Å². The Morgan fingerprint density at radius 3 is 2.33 bits per heavy atom. The van der Waals surface area contributed by atoms with E-state index in [1.165, 1.54) is 5.56 Å². The molecule has 0 saturated carbocycles. The summed E-state index contributed by atoms with van der Waals surface area (Å²) in [5.74, 6) is -0.261. The Balaban J connectivity index is 1.35. The van der Waals surface area contributed by atoms with Crippen LogP contribution in [0.25, 0.3) is 11.3 Å². The van der Waals surface area contributed by atoms with E-state index < -0.39 is 0 Å². The Morgan fingerprint density at radius 1 is 0.970 bits per heavy atom. The Hall–Kier alpha value is -3.97. The topological polar surface area (TPSA) is 69.6 Å². The maximum Gasteiger partial charge on any atom is 0.271 e. The van der Waals surface area contributed by atoms with Crippen molar-refractivity contribution < 1.29 is 4.79 Å². The number of benzene rings is 3. The van der Waals surface area contributed by atoms with Gasteiger partial charge in [0.1, 0.15) is 0 Å². The molecular weight excluding hydrogens is 430 g/mol. The summed E-state index contributed by atoms with van der Waals surface area (Å²) in [6.07, 6.45) is 1.63. The monoisotopic (exact) mass is 455 g/mol. The molecule has 2 N–H and O–H groups in total. The van der Waals surface area contributed by atoms with Crippen molar-refractivity contribution in [3.8, 4) is 11.3 Å². The highest BCUT2D eigenvalue weighted by Crippen LogP contribution is 2.27. The highest BCUT2D eigenvalue weighted by molar-refractivity contribution is 7.14. The number of amides is 1. The first kappa shape index (κ1) is 22.2. The molecule has 0 unspecified atom stereocenters. The summed E-state index contributed by atoms with van der Waals surface area (Å²) in [6, 6.07) is 23.4. The van der Waals surface area contributed by atoms with Crippen molar-refractivity contribution in [3.63, 3.8) is 0 Å². The van der Waals surface area contributed by atoms with Gasteiger partial charge in [0, 0.05) is 42.0 Å². The van der Waals surface area contributed by atoms with Gasteiger partial charge in [-0.1, -0.05) is 42.0 Å². The van der Waals surface area contributed by atoms with Crippen LogP contribution in [0.4, 0.5) is 16.5 Å².